The number of aryl methyl sites for hydroxylation is 2. The number of amides is 1. The van der Waals surface area contributed by atoms with Crippen molar-refractivity contribution in [1.82, 2.24) is 14.8 Å². The van der Waals surface area contributed by atoms with Crippen LogP contribution in [0.4, 0.5) is 0 Å². The van der Waals surface area contributed by atoms with Gasteiger partial charge in [0, 0.05) is 31.7 Å². The van der Waals surface area contributed by atoms with Gasteiger partial charge in [0.1, 0.15) is 4.88 Å². The molecule has 1 aliphatic heterocycles. The molecule has 2 aromatic rings. The Hall–Kier alpha value is -1.72. The lowest BCUT2D eigenvalue weighted by atomic mass is 10.0. The third kappa shape index (κ3) is 3.62. The fourth-order valence-corrected chi connectivity index (χ4v) is 4.71. The average molecular weight is 356 g/mol. The van der Waals surface area contributed by atoms with Gasteiger partial charge in [-0.2, -0.15) is 0 Å². The molecule has 1 saturated heterocycles. The molecule has 0 radical (unpaired) electrons. The molecule has 0 bridgehead atoms. The first-order chi connectivity index (χ1) is 12.1. The first-order valence-electron chi connectivity index (χ1n) is 9.15. The van der Waals surface area contributed by atoms with Crippen molar-refractivity contribution in [3.8, 4) is 0 Å². The molecule has 0 N–H and O–H groups in total. The highest BCUT2D eigenvalue weighted by atomic mass is 32.1. The van der Waals surface area contributed by atoms with Gasteiger partial charge >= 0.3 is 0 Å². The maximum absolute atomic E-state index is 13.2. The first kappa shape index (κ1) is 16.7. The van der Waals surface area contributed by atoms with Gasteiger partial charge in [-0.05, 0) is 38.7 Å². The van der Waals surface area contributed by atoms with E-state index in [1.165, 1.54) is 29.7 Å². The van der Waals surface area contributed by atoms with Crippen LogP contribution in [0.2, 0.25) is 0 Å². The zero-order valence-electron chi connectivity index (χ0n) is 14.9. The summed E-state index contributed by atoms with van der Waals surface area (Å²) in [5.74, 6) is 0.166. The van der Waals surface area contributed by atoms with E-state index in [0.717, 1.165) is 47.7 Å². The van der Waals surface area contributed by atoms with Crippen LogP contribution in [-0.2, 0) is 6.42 Å². The van der Waals surface area contributed by atoms with Crippen LogP contribution >= 0.6 is 11.3 Å². The zero-order valence-corrected chi connectivity index (χ0v) is 15.8. The van der Waals surface area contributed by atoms with Crippen molar-refractivity contribution in [1.29, 1.82) is 0 Å². The van der Waals surface area contributed by atoms with Gasteiger partial charge in [0.15, 0.2) is 0 Å². The van der Waals surface area contributed by atoms with Crippen molar-refractivity contribution in [2.24, 2.45) is 0 Å². The second-order valence-electron chi connectivity index (χ2n) is 7.22. The molecule has 1 amide bonds. The van der Waals surface area contributed by atoms with E-state index in [0.29, 0.717) is 0 Å². The Morgan fingerprint density at radius 3 is 2.60 bits per heavy atom. The molecular weight excluding hydrogens is 330 g/mol. The minimum atomic E-state index is 0.166. The Kier molecular flexibility index (Phi) is 4.61. The number of nitrogens with zero attached hydrogens (tertiary/aromatic N) is 3. The number of hydrogen-bond acceptors (Lipinski definition) is 4. The van der Waals surface area contributed by atoms with Crippen molar-refractivity contribution < 1.29 is 4.79 Å². The van der Waals surface area contributed by atoms with E-state index in [9.17, 15) is 4.79 Å². The van der Waals surface area contributed by atoms with E-state index in [1.807, 2.05) is 19.9 Å². The van der Waals surface area contributed by atoms with Crippen LogP contribution < -0.4 is 0 Å². The van der Waals surface area contributed by atoms with Crippen molar-refractivity contribution >= 4 is 17.2 Å². The molecule has 2 heterocycles. The number of aromatic nitrogens is 1. The van der Waals surface area contributed by atoms with E-state index < -0.39 is 0 Å². The van der Waals surface area contributed by atoms with Crippen LogP contribution in [0.1, 0.15) is 38.8 Å². The predicted octanol–water partition coefficient (Wildman–Crippen LogP) is 3.29. The third-order valence-corrected chi connectivity index (χ3v) is 6.31. The van der Waals surface area contributed by atoms with Gasteiger partial charge in [-0.1, -0.05) is 30.3 Å². The second-order valence-corrected chi connectivity index (χ2v) is 8.42. The molecule has 4 rings (SSSR count). The van der Waals surface area contributed by atoms with Crippen molar-refractivity contribution in [2.75, 3.05) is 19.6 Å². The lowest BCUT2D eigenvalue weighted by molar-refractivity contribution is 0.0441. The van der Waals surface area contributed by atoms with Gasteiger partial charge in [-0.15, -0.1) is 11.3 Å². The Balaban J connectivity index is 1.57. The SMILES string of the molecule is Cc1nc(C)c(C(=O)N2CCN(C3CC3)CC2Cc2ccccc2)s1. The number of benzene rings is 1. The van der Waals surface area contributed by atoms with Crippen molar-refractivity contribution in [2.45, 2.75) is 45.2 Å². The molecule has 1 atom stereocenters. The van der Waals surface area contributed by atoms with E-state index in [-0.39, 0.29) is 11.9 Å². The van der Waals surface area contributed by atoms with Crippen molar-refractivity contribution in [3.63, 3.8) is 0 Å². The molecule has 1 aromatic heterocycles. The summed E-state index contributed by atoms with van der Waals surface area (Å²) in [5.41, 5.74) is 2.18. The van der Waals surface area contributed by atoms with Gasteiger partial charge in [0.2, 0.25) is 0 Å². The Morgan fingerprint density at radius 1 is 1.20 bits per heavy atom. The molecule has 1 saturated carbocycles. The van der Waals surface area contributed by atoms with Gasteiger partial charge in [0.05, 0.1) is 10.7 Å². The number of thiazole rings is 1. The molecule has 2 fully saturated rings. The normalized spacial score (nSPS) is 21.5. The second kappa shape index (κ2) is 6.89. The van der Waals surface area contributed by atoms with Gasteiger partial charge in [0.25, 0.3) is 5.91 Å². The van der Waals surface area contributed by atoms with E-state index in [2.05, 4.69) is 39.0 Å². The topological polar surface area (TPSA) is 36.4 Å². The van der Waals surface area contributed by atoms with Crippen LogP contribution in [0.25, 0.3) is 0 Å². The molecule has 1 aliphatic carbocycles. The highest BCUT2D eigenvalue weighted by Crippen LogP contribution is 2.31. The zero-order chi connectivity index (χ0) is 17.4. The predicted molar refractivity (Wildman–Crippen MR) is 101 cm³/mol. The van der Waals surface area contributed by atoms with Gasteiger partial charge in [-0.25, -0.2) is 4.98 Å². The maximum Gasteiger partial charge on any atom is 0.266 e. The van der Waals surface area contributed by atoms with Crippen molar-refractivity contribution in [3.05, 3.63) is 51.5 Å². The van der Waals surface area contributed by atoms with E-state index in [4.69, 9.17) is 0 Å². The summed E-state index contributed by atoms with van der Waals surface area (Å²) in [6.07, 6.45) is 3.56. The quantitative estimate of drug-likeness (QED) is 0.844. The molecular formula is C20H25N3OS. The Bertz CT molecular complexity index is 754. The molecule has 2 aliphatic rings. The fourth-order valence-electron chi connectivity index (χ4n) is 3.84. The van der Waals surface area contributed by atoms with E-state index >= 15 is 0 Å². The summed E-state index contributed by atoms with van der Waals surface area (Å²) in [6.45, 7) is 6.73. The largest absolute Gasteiger partial charge is 0.332 e. The number of rotatable bonds is 4. The monoisotopic (exact) mass is 355 g/mol. The minimum absolute atomic E-state index is 0.166. The number of hydrogen-bond donors (Lipinski definition) is 0. The van der Waals surface area contributed by atoms with Gasteiger partial charge in [-0.3, -0.25) is 9.69 Å². The third-order valence-electron chi connectivity index (χ3n) is 5.25. The number of carbonyl (C=O) groups excluding carboxylic acids is 1. The molecule has 1 unspecified atom stereocenters. The molecule has 1 aromatic carbocycles. The Labute approximate surface area is 153 Å². The van der Waals surface area contributed by atoms with Gasteiger partial charge < -0.3 is 4.90 Å². The van der Waals surface area contributed by atoms with Crippen LogP contribution in [-0.4, -0.2) is 52.4 Å². The fraction of sp³-hybridized carbons (Fsp3) is 0.500. The first-order valence-corrected chi connectivity index (χ1v) is 9.96. The molecule has 132 valence electrons. The summed E-state index contributed by atoms with van der Waals surface area (Å²) < 4.78 is 0. The van der Waals surface area contributed by atoms with Crippen LogP contribution in [0.3, 0.4) is 0 Å². The maximum atomic E-state index is 13.2. The highest BCUT2D eigenvalue weighted by Gasteiger charge is 2.38. The lowest BCUT2D eigenvalue weighted by Gasteiger charge is -2.41. The minimum Gasteiger partial charge on any atom is -0.332 e. The standard InChI is InChI=1S/C20H25N3OS/c1-14-19(25-15(2)21-14)20(24)23-11-10-22(17-8-9-17)13-18(23)12-16-6-4-3-5-7-16/h3-7,17-18H,8-13H2,1-2H3. The van der Waals surface area contributed by atoms with Crippen LogP contribution in [0.15, 0.2) is 30.3 Å². The summed E-state index contributed by atoms with van der Waals surface area (Å²) in [7, 11) is 0. The number of piperazine rings is 1. The Morgan fingerprint density at radius 2 is 1.96 bits per heavy atom. The summed E-state index contributed by atoms with van der Waals surface area (Å²) >= 11 is 1.53. The van der Waals surface area contributed by atoms with E-state index in [1.54, 1.807) is 0 Å². The molecule has 4 nitrogen and oxygen atoms in total. The average Bonchev–Trinajstić information content (AvgIpc) is 3.40. The summed E-state index contributed by atoms with van der Waals surface area (Å²) in [6, 6.07) is 11.5. The highest BCUT2D eigenvalue weighted by molar-refractivity contribution is 7.13. The molecule has 25 heavy (non-hydrogen) atoms. The summed E-state index contributed by atoms with van der Waals surface area (Å²) in [4.78, 5) is 23.2. The number of carbonyl (C=O) groups is 1. The molecule has 5 heteroatoms. The summed E-state index contributed by atoms with van der Waals surface area (Å²) in [5, 5.41) is 0.970. The van der Waals surface area contributed by atoms with Crippen LogP contribution in [0, 0.1) is 13.8 Å². The van der Waals surface area contributed by atoms with Crippen LogP contribution in [0.5, 0.6) is 0 Å². The smallest absolute Gasteiger partial charge is 0.266 e. The molecule has 0 spiro atoms. The lowest BCUT2D eigenvalue weighted by Crippen LogP contribution is -2.56.